The Kier molecular flexibility index (Phi) is 3.12. The van der Waals surface area contributed by atoms with Crippen LogP contribution in [-0.2, 0) is 0 Å². The van der Waals surface area contributed by atoms with Crippen molar-refractivity contribution in [2.24, 2.45) is 23.2 Å². The van der Waals surface area contributed by atoms with Gasteiger partial charge in [0, 0.05) is 0 Å². The summed E-state index contributed by atoms with van der Waals surface area (Å²) in [6.45, 7) is 7.16. The lowest BCUT2D eigenvalue weighted by atomic mass is 9.61. The zero-order valence-corrected chi connectivity index (χ0v) is 10.5. The van der Waals surface area contributed by atoms with Gasteiger partial charge in [-0.2, -0.15) is 0 Å². The lowest BCUT2D eigenvalue weighted by Crippen LogP contribution is -2.41. The number of aliphatic hydroxyl groups excluding tert-OH is 1. The highest BCUT2D eigenvalue weighted by Gasteiger charge is 2.51. The molecule has 0 bridgehead atoms. The zero-order chi connectivity index (χ0) is 11.1. The van der Waals surface area contributed by atoms with Crippen molar-refractivity contribution in [1.29, 1.82) is 0 Å². The van der Waals surface area contributed by atoms with Gasteiger partial charge in [0.05, 0.1) is 6.10 Å². The van der Waals surface area contributed by atoms with Crippen LogP contribution >= 0.6 is 0 Å². The van der Waals surface area contributed by atoms with Crippen LogP contribution in [0.5, 0.6) is 0 Å². The predicted octanol–water partition coefficient (Wildman–Crippen LogP) is 3.61. The third-order valence-corrected chi connectivity index (χ3v) is 5.49. The normalized spacial score (nSPS) is 47.6. The predicted molar refractivity (Wildman–Crippen MR) is 63.6 cm³/mol. The van der Waals surface area contributed by atoms with Crippen molar-refractivity contribution in [2.75, 3.05) is 0 Å². The zero-order valence-electron chi connectivity index (χ0n) is 10.5. The fourth-order valence-electron chi connectivity index (χ4n) is 4.41. The van der Waals surface area contributed by atoms with Crippen LogP contribution in [0.4, 0.5) is 0 Å². The Hall–Kier alpha value is -0.0400. The molecule has 0 saturated heterocycles. The van der Waals surface area contributed by atoms with Gasteiger partial charge in [0.2, 0.25) is 0 Å². The molecule has 2 aliphatic rings. The fourth-order valence-corrected chi connectivity index (χ4v) is 4.41. The van der Waals surface area contributed by atoms with Crippen LogP contribution in [0.15, 0.2) is 0 Å². The minimum atomic E-state index is -0.00203. The molecule has 2 saturated carbocycles. The molecule has 0 radical (unpaired) electrons. The van der Waals surface area contributed by atoms with Crippen LogP contribution in [0.25, 0.3) is 0 Å². The summed E-state index contributed by atoms with van der Waals surface area (Å²) in [6.07, 6.45) is 7.55. The van der Waals surface area contributed by atoms with E-state index in [0.717, 1.165) is 18.3 Å². The second kappa shape index (κ2) is 4.08. The molecule has 2 aliphatic carbocycles. The molecule has 0 amide bonds. The summed E-state index contributed by atoms with van der Waals surface area (Å²) in [5.41, 5.74) is 0.451. The molecule has 0 aromatic carbocycles. The average molecular weight is 210 g/mol. The van der Waals surface area contributed by atoms with Gasteiger partial charge in [0.15, 0.2) is 0 Å². The van der Waals surface area contributed by atoms with Gasteiger partial charge in [0.1, 0.15) is 0 Å². The van der Waals surface area contributed by atoms with E-state index in [-0.39, 0.29) is 6.10 Å². The van der Waals surface area contributed by atoms with Gasteiger partial charge >= 0.3 is 0 Å². The lowest BCUT2D eigenvalue weighted by Gasteiger charge is -2.45. The van der Waals surface area contributed by atoms with E-state index < -0.39 is 0 Å². The van der Waals surface area contributed by atoms with Crippen LogP contribution in [0, 0.1) is 23.2 Å². The van der Waals surface area contributed by atoms with E-state index in [1.54, 1.807) is 0 Å². The van der Waals surface area contributed by atoms with E-state index in [4.69, 9.17) is 0 Å². The summed E-state index contributed by atoms with van der Waals surface area (Å²) in [6, 6.07) is 0. The van der Waals surface area contributed by atoms with Crippen molar-refractivity contribution < 1.29 is 5.11 Å². The Morgan fingerprint density at radius 1 is 1.33 bits per heavy atom. The summed E-state index contributed by atoms with van der Waals surface area (Å²) in [5.74, 6) is 2.30. The van der Waals surface area contributed by atoms with Gasteiger partial charge in [0.25, 0.3) is 0 Å². The van der Waals surface area contributed by atoms with Crippen molar-refractivity contribution >= 4 is 0 Å². The van der Waals surface area contributed by atoms with Gasteiger partial charge in [-0.15, -0.1) is 0 Å². The first-order chi connectivity index (χ1) is 7.09. The molecular formula is C14H26O. The number of rotatable bonds is 2. The summed E-state index contributed by atoms with van der Waals surface area (Å²) in [4.78, 5) is 0. The van der Waals surface area contributed by atoms with Crippen LogP contribution in [-0.4, -0.2) is 11.2 Å². The van der Waals surface area contributed by atoms with Gasteiger partial charge in [-0.3, -0.25) is 0 Å². The third-order valence-electron chi connectivity index (χ3n) is 5.49. The van der Waals surface area contributed by atoms with Crippen molar-refractivity contribution in [3.8, 4) is 0 Å². The molecule has 2 rings (SSSR count). The highest BCUT2D eigenvalue weighted by molar-refractivity contribution is 5.01. The van der Waals surface area contributed by atoms with Crippen molar-refractivity contribution in [3.05, 3.63) is 0 Å². The Morgan fingerprint density at radius 3 is 2.73 bits per heavy atom. The van der Waals surface area contributed by atoms with E-state index >= 15 is 0 Å². The second-order valence-electron chi connectivity index (χ2n) is 6.14. The molecule has 0 heterocycles. The van der Waals surface area contributed by atoms with Crippen LogP contribution < -0.4 is 0 Å². The third kappa shape index (κ3) is 1.73. The molecule has 2 fully saturated rings. The smallest absolute Gasteiger partial charge is 0.0573 e. The van der Waals surface area contributed by atoms with Crippen LogP contribution in [0.2, 0.25) is 0 Å². The quantitative estimate of drug-likeness (QED) is 0.738. The van der Waals surface area contributed by atoms with Gasteiger partial charge in [-0.1, -0.05) is 33.6 Å². The fraction of sp³-hybridized carbons (Fsp3) is 1.00. The molecule has 0 aromatic rings. The second-order valence-corrected chi connectivity index (χ2v) is 6.14. The molecule has 3 unspecified atom stereocenters. The maximum absolute atomic E-state index is 10.1. The highest BCUT2D eigenvalue weighted by Crippen LogP contribution is 2.57. The topological polar surface area (TPSA) is 20.2 Å². The Balaban J connectivity index is 2.17. The van der Waals surface area contributed by atoms with Gasteiger partial charge in [-0.05, 0) is 48.9 Å². The molecule has 0 aliphatic heterocycles. The molecule has 0 spiro atoms. The van der Waals surface area contributed by atoms with Gasteiger partial charge < -0.3 is 5.11 Å². The molecule has 5 atom stereocenters. The molecule has 15 heavy (non-hydrogen) atoms. The van der Waals surface area contributed by atoms with E-state index in [0.29, 0.717) is 11.3 Å². The number of fused-ring (bicyclic) bond motifs is 1. The molecular weight excluding hydrogens is 184 g/mol. The minimum absolute atomic E-state index is 0.00203. The molecule has 88 valence electrons. The SMILES string of the molecule is CC[C@@H](C)C1CCC2C(O)CCC[C@@]21C. The monoisotopic (exact) mass is 210 g/mol. The summed E-state index contributed by atoms with van der Waals surface area (Å²) in [5, 5.41) is 10.1. The van der Waals surface area contributed by atoms with Crippen molar-refractivity contribution in [3.63, 3.8) is 0 Å². The Bertz CT molecular complexity index is 225. The van der Waals surface area contributed by atoms with Crippen molar-refractivity contribution in [2.45, 2.75) is 65.4 Å². The standard InChI is InChI=1S/C14H26O/c1-4-10(2)11-7-8-12-13(15)6-5-9-14(11,12)3/h10-13,15H,4-9H2,1-3H3/t10-,11?,12?,13?,14-/m1/s1. The Morgan fingerprint density at radius 2 is 2.07 bits per heavy atom. The van der Waals surface area contributed by atoms with E-state index in [9.17, 15) is 5.11 Å². The first kappa shape index (κ1) is 11.4. The van der Waals surface area contributed by atoms with E-state index in [1.807, 2.05) is 0 Å². The molecule has 1 N–H and O–H groups in total. The molecule has 1 nitrogen and oxygen atoms in total. The largest absolute Gasteiger partial charge is 0.393 e. The first-order valence-electron chi connectivity index (χ1n) is 6.77. The maximum atomic E-state index is 10.1. The lowest BCUT2D eigenvalue weighted by molar-refractivity contribution is -0.0272. The first-order valence-corrected chi connectivity index (χ1v) is 6.77. The molecule has 0 aromatic heterocycles. The maximum Gasteiger partial charge on any atom is 0.0573 e. The number of aliphatic hydroxyl groups is 1. The number of hydrogen-bond donors (Lipinski definition) is 1. The van der Waals surface area contributed by atoms with Crippen LogP contribution in [0.1, 0.15) is 59.3 Å². The van der Waals surface area contributed by atoms with E-state index in [1.165, 1.54) is 32.1 Å². The summed E-state index contributed by atoms with van der Waals surface area (Å²) >= 11 is 0. The summed E-state index contributed by atoms with van der Waals surface area (Å²) in [7, 11) is 0. The highest BCUT2D eigenvalue weighted by atomic mass is 16.3. The van der Waals surface area contributed by atoms with Crippen molar-refractivity contribution in [1.82, 2.24) is 0 Å². The Labute approximate surface area is 94.3 Å². The van der Waals surface area contributed by atoms with E-state index in [2.05, 4.69) is 20.8 Å². The molecule has 1 heteroatoms. The minimum Gasteiger partial charge on any atom is -0.393 e. The van der Waals surface area contributed by atoms with Crippen LogP contribution in [0.3, 0.4) is 0 Å². The summed E-state index contributed by atoms with van der Waals surface area (Å²) < 4.78 is 0. The average Bonchev–Trinajstić information content (AvgIpc) is 2.56. The van der Waals surface area contributed by atoms with Gasteiger partial charge in [-0.25, -0.2) is 0 Å². The number of hydrogen-bond acceptors (Lipinski definition) is 1.